The van der Waals surface area contributed by atoms with Crippen molar-refractivity contribution in [3.05, 3.63) is 64.9 Å². The van der Waals surface area contributed by atoms with Crippen LogP contribution >= 0.6 is 11.3 Å². The molecule has 2 aliphatic heterocycles. The topological polar surface area (TPSA) is 70.6 Å². The Morgan fingerprint density at radius 1 is 1.03 bits per heavy atom. The van der Waals surface area contributed by atoms with Crippen LogP contribution in [0.15, 0.2) is 52.7 Å². The number of amides is 1. The zero-order chi connectivity index (χ0) is 22.3. The van der Waals surface area contributed by atoms with Crippen molar-refractivity contribution >= 4 is 33.0 Å². The van der Waals surface area contributed by atoms with Gasteiger partial charge in [0, 0.05) is 36.3 Å². The van der Waals surface area contributed by atoms with Crippen LogP contribution in [0.5, 0.6) is 0 Å². The smallest absolute Gasteiger partial charge is 0.277 e. The monoisotopic (exact) mass is 471 g/mol. The molecule has 3 heterocycles. The zero-order valence-electron chi connectivity index (χ0n) is 17.3. The summed E-state index contributed by atoms with van der Waals surface area (Å²) in [5.74, 6) is -0.649. The Bertz CT molecular complexity index is 1280. The number of benzene rings is 2. The Balaban J connectivity index is 1.39. The fourth-order valence-corrected chi connectivity index (χ4v) is 6.66. The highest BCUT2D eigenvalue weighted by molar-refractivity contribution is 7.89. The molecule has 0 bridgehead atoms. The summed E-state index contributed by atoms with van der Waals surface area (Å²) in [4.78, 5) is 19.4. The van der Waals surface area contributed by atoms with Gasteiger partial charge >= 0.3 is 0 Å². The summed E-state index contributed by atoms with van der Waals surface area (Å²) in [6, 6.07) is 11.3. The van der Waals surface area contributed by atoms with Crippen molar-refractivity contribution in [2.75, 3.05) is 24.5 Å². The molecule has 0 atom stereocenters. The molecule has 6 nitrogen and oxygen atoms in total. The number of sulfonamides is 1. The van der Waals surface area contributed by atoms with Crippen molar-refractivity contribution in [2.24, 2.45) is 0 Å². The lowest BCUT2D eigenvalue weighted by Crippen LogP contribution is -2.35. The minimum atomic E-state index is -3.52. The lowest BCUT2D eigenvalue weighted by atomic mass is 10.2. The molecule has 1 saturated heterocycles. The maximum absolute atomic E-state index is 14.1. The summed E-state index contributed by atoms with van der Waals surface area (Å²) in [6.07, 6.45) is 3.40. The van der Waals surface area contributed by atoms with Crippen molar-refractivity contribution in [3.8, 4) is 10.6 Å². The normalized spacial score (nSPS) is 16.8. The van der Waals surface area contributed by atoms with Gasteiger partial charge in [-0.2, -0.15) is 4.31 Å². The van der Waals surface area contributed by atoms with Gasteiger partial charge < -0.3 is 4.90 Å². The highest BCUT2D eigenvalue weighted by Crippen LogP contribution is 2.34. The predicted molar refractivity (Wildman–Crippen MR) is 122 cm³/mol. The Morgan fingerprint density at radius 2 is 1.81 bits per heavy atom. The summed E-state index contributed by atoms with van der Waals surface area (Å²) >= 11 is 1.22. The van der Waals surface area contributed by atoms with Crippen molar-refractivity contribution in [2.45, 2.75) is 30.6 Å². The number of carbonyl (C=O) groups is 1. The van der Waals surface area contributed by atoms with Crippen LogP contribution in [0.3, 0.4) is 0 Å². The van der Waals surface area contributed by atoms with Crippen molar-refractivity contribution in [1.82, 2.24) is 9.29 Å². The van der Waals surface area contributed by atoms with Crippen LogP contribution in [0, 0.1) is 5.82 Å². The van der Waals surface area contributed by atoms with E-state index >= 15 is 0 Å². The molecule has 0 N–H and O–H groups in total. The molecule has 1 amide bonds. The van der Waals surface area contributed by atoms with Crippen LogP contribution in [-0.4, -0.2) is 43.2 Å². The van der Waals surface area contributed by atoms with Gasteiger partial charge in [-0.3, -0.25) is 4.79 Å². The van der Waals surface area contributed by atoms with Crippen LogP contribution in [0.4, 0.5) is 10.1 Å². The Hall–Kier alpha value is -2.62. The number of aromatic nitrogens is 1. The van der Waals surface area contributed by atoms with Gasteiger partial charge in [0.15, 0.2) is 0 Å². The molecule has 0 aliphatic carbocycles. The first kappa shape index (κ1) is 21.2. The number of fused-ring (bicyclic) bond motifs is 1. The molecule has 3 aromatic rings. The Labute approximate surface area is 190 Å². The zero-order valence-corrected chi connectivity index (χ0v) is 19.0. The van der Waals surface area contributed by atoms with E-state index in [1.807, 2.05) is 0 Å². The van der Waals surface area contributed by atoms with Crippen LogP contribution in [0.2, 0.25) is 0 Å². The molecule has 0 spiro atoms. The van der Waals surface area contributed by atoms with E-state index in [1.165, 1.54) is 17.4 Å². The number of piperidine rings is 1. The molecule has 9 heteroatoms. The van der Waals surface area contributed by atoms with Gasteiger partial charge in [0.25, 0.3) is 5.91 Å². The maximum Gasteiger partial charge on any atom is 0.277 e. The molecule has 0 radical (unpaired) electrons. The summed E-state index contributed by atoms with van der Waals surface area (Å²) in [6.45, 7) is 1.56. The van der Waals surface area contributed by atoms with E-state index in [9.17, 15) is 17.6 Å². The van der Waals surface area contributed by atoms with Crippen molar-refractivity contribution < 1.29 is 17.6 Å². The summed E-state index contributed by atoms with van der Waals surface area (Å²) in [5.41, 5.74) is 2.16. The van der Waals surface area contributed by atoms with Gasteiger partial charge in [-0.1, -0.05) is 18.6 Å². The number of halogens is 1. The Morgan fingerprint density at radius 3 is 2.59 bits per heavy atom. The average molecular weight is 472 g/mol. The van der Waals surface area contributed by atoms with E-state index in [2.05, 4.69) is 4.98 Å². The third kappa shape index (κ3) is 3.74. The van der Waals surface area contributed by atoms with Gasteiger partial charge in [-0.25, -0.2) is 17.8 Å². The number of rotatable bonds is 4. The predicted octanol–water partition coefficient (Wildman–Crippen LogP) is 4.33. The van der Waals surface area contributed by atoms with Crippen molar-refractivity contribution in [1.29, 1.82) is 0 Å². The minimum absolute atomic E-state index is 0.256. The van der Waals surface area contributed by atoms with Gasteiger partial charge in [-0.05, 0) is 55.2 Å². The van der Waals surface area contributed by atoms with E-state index in [0.29, 0.717) is 42.3 Å². The molecule has 1 aromatic heterocycles. The molecule has 0 unspecified atom stereocenters. The van der Waals surface area contributed by atoms with Crippen LogP contribution in [0.25, 0.3) is 10.6 Å². The molecule has 166 valence electrons. The summed E-state index contributed by atoms with van der Waals surface area (Å²) in [7, 11) is -3.52. The van der Waals surface area contributed by atoms with Crippen LogP contribution in [0.1, 0.15) is 35.3 Å². The van der Waals surface area contributed by atoms with Crippen LogP contribution in [-0.2, 0) is 16.4 Å². The first-order valence-corrected chi connectivity index (χ1v) is 12.9. The fourth-order valence-electron chi connectivity index (χ4n) is 4.27. The first-order valence-electron chi connectivity index (χ1n) is 10.6. The number of thiazole rings is 1. The molecule has 1 fully saturated rings. The summed E-state index contributed by atoms with van der Waals surface area (Å²) < 4.78 is 41.6. The second-order valence-corrected chi connectivity index (χ2v) is 10.8. The van der Waals surface area contributed by atoms with E-state index < -0.39 is 10.0 Å². The van der Waals surface area contributed by atoms with E-state index in [1.54, 1.807) is 51.0 Å². The molecule has 2 aromatic carbocycles. The minimum Gasteiger partial charge on any atom is -0.306 e. The van der Waals surface area contributed by atoms with E-state index in [-0.39, 0.29) is 22.3 Å². The third-order valence-electron chi connectivity index (χ3n) is 5.97. The quantitative estimate of drug-likeness (QED) is 0.568. The maximum atomic E-state index is 14.1. The lowest BCUT2D eigenvalue weighted by Gasteiger charge is -2.26. The second-order valence-electron chi connectivity index (χ2n) is 7.98. The standard InChI is InChI=1S/C23H22FN3O3S2/c24-19-7-3-2-6-18(19)22-25-20(15-31-22)23(28)27-13-10-16-14-17(8-9-21(16)27)32(29,30)26-11-4-1-5-12-26/h2-3,6-9,14-15H,1,4-5,10-13H2. The molecule has 0 saturated carbocycles. The molecule has 32 heavy (non-hydrogen) atoms. The van der Waals surface area contributed by atoms with E-state index in [0.717, 1.165) is 24.8 Å². The van der Waals surface area contributed by atoms with Gasteiger partial charge in [-0.15, -0.1) is 11.3 Å². The van der Waals surface area contributed by atoms with Crippen molar-refractivity contribution in [3.63, 3.8) is 0 Å². The lowest BCUT2D eigenvalue weighted by molar-refractivity contribution is 0.0985. The number of hydrogen-bond acceptors (Lipinski definition) is 5. The SMILES string of the molecule is O=C(c1csc(-c2ccccc2F)n1)N1CCc2cc(S(=O)(=O)N3CCCCC3)ccc21. The average Bonchev–Trinajstić information content (AvgIpc) is 3.47. The number of hydrogen-bond donors (Lipinski definition) is 0. The summed E-state index contributed by atoms with van der Waals surface area (Å²) in [5, 5.41) is 2.09. The van der Waals surface area contributed by atoms with E-state index in [4.69, 9.17) is 0 Å². The van der Waals surface area contributed by atoms with Gasteiger partial charge in [0.2, 0.25) is 10.0 Å². The highest BCUT2D eigenvalue weighted by Gasteiger charge is 2.31. The van der Waals surface area contributed by atoms with Gasteiger partial charge in [0.1, 0.15) is 16.5 Å². The number of carbonyl (C=O) groups excluding carboxylic acids is 1. The second kappa shape index (κ2) is 8.38. The van der Waals surface area contributed by atoms with Crippen LogP contribution < -0.4 is 4.90 Å². The number of nitrogens with zero attached hydrogens (tertiary/aromatic N) is 3. The largest absolute Gasteiger partial charge is 0.306 e. The highest BCUT2D eigenvalue weighted by atomic mass is 32.2. The molecular weight excluding hydrogens is 449 g/mol. The molecular formula is C23H22FN3O3S2. The molecule has 2 aliphatic rings. The Kier molecular flexibility index (Phi) is 5.56. The number of anilines is 1. The van der Waals surface area contributed by atoms with Gasteiger partial charge in [0.05, 0.1) is 4.90 Å². The third-order valence-corrected chi connectivity index (χ3v) is 8.74. The molecule has 5 rings (SSSR count). The fraction of sp³-hybridized carbons (Fsp3) is 0.304. The first-order chi connectivity index (χ1) is 15.4.